The Morgan fingerprint density at radius 1 is 0.870 bits per heavy atom. The molecule has 0 rings (SSSR count). The number of unbranched alkanes of at least 4 members (excludes halogenated alkanes) is 9. The van der Waals surface area contributed by atoms with Gasteiger partial charge in [-0.15, -0.1) is 0 Å². The molecule has 0 aromatic heterocycles. The lowest BCUT2D eigenvalue weighted by molar-refractivity contribution is -0.137. The van der Waals surface area contributed by atoms with E-state index in [9.17, 15) is 9.90 Å². The first kappa shape index (κ1) is 22.4. The van der Waals surface area contributed by atoms with Crippen molar-refractivity contribution in [3.05, 3.63) is 0 Å². The number of aliphatic carboxylic acids is 1. The number of aliphatic hydroxyl groups excluding tert-OH is 1. The summed E-state index contributed by atoms with van der Waals surface area (Å²) in [6, 6.07) is 0. The summed E-state index contributed by atoms with van der Waals surface area (Å²) in [4.78, 5) is 10.4. The van der Waals surface area contributed by atoms with Crippen LogP contribution in [0.4, 0.5) is 0 Å². The zero-order valence-electron chi connectivity index (χ0n) is 15.3. The molecule has 0 aromatic rings. The molecule has 0 aliphatic heterocycles. The molecule has 0 saturated heterocycles. The van der Waals surface area contributed by atoms with Crippen LogP contribution in [-0.4, -0.2) is 35.5 Å². The molecule has 0 bridgehead atoms. The van der Waals surface area contributed by atoms with Crippen molar-refractivity contribution >= 4 is 5.97 Å². The second-order valence-corrected chi connectivity index (χ2v) is 6.60. The molecule has 2 atom stereocenters. The van der Waals surface area contributed by atoms with Gasteiger partial charge in [-0.2, -0.15) is 0 Å². The van der Waals surface area contributed by atoms with Crippen LogP contribution in [0.1, 0.15) is 96.8 Å². The summed E-state index contributed by atoms with van der Waals surface area (Å²) >= 11 is 0. The van der Waals surface area contributed by atoms with Gasteiger partial charge in [-0.3, -0.25) is 4.79 Å². The van der Waals surface area contributed by atoms with E-state index in [-0.39, 0.29) is 12.5 Å². The Hall–Kier alpha value is -0.610. The van der Waals surface area contributed by atoms with Gasteiger partial charge < -0.3 is 14.9 Å². The molecule has 0 aliphatic carbocycles. The minimum atomic E-state index is -0.741. The Balaban J connectivity index is 3.57. The van der Waals surface area contributed by atoms with Crippen LogP contribution in [0.3, 0.4) is 0 Å². The van der Waals surface area contributed by atoms with Gasteiger partial charge in [0, 0.05) is 13.5 Å². The van der Waals surface area contributed by atoms with E-state index in [2.05, 4.69) is 6.92 Å². The second-order valence-electron chi connectivity index (χ2n) is 6.60. The molecule has 0 radical (unpaired) electrons. The number of aliphatic hydroxyl groups is 1. The number of carboxylic acids is 1. The van der Waals surface area contributed by atoms with Crippen molar-refractivity contribution in [2.45, 2.75) is 109 Å². The van der Waals surface area contributed by atoms with Crippen LogP contribution in [0.5, 0.6) is 0 Å². The Labute approximate surface area is 142 Å². The van der Waals surface area contributed by atoms with E-state index in [0.29, 0.717) is 12.8 Å². The van der Waals surface area contributed by atoms with Gasteiger partial charge in [0.1, 0.15) is 0 Å². The molecule has 4 nitrogen and oxygen atoms in total. The molecule has 4 heteroatoms. The highest BCUT2D eigenvalue weighted by molar-refractivity contribution is 5.66. The lowest BCUT2D eigenvalue weighted by Gasteiger charge is -2.21. The van der Waals surface area contributed by atoms with Crippen molar-refractivity contribution in [2.24, 2.45) is 0 Å². The fourth-order valence-corrected chi connectivity index (χ4v) is 2.94. The second kappa shape index (κ2) is 16.3. The number of carbonyl (C=O) groups is 1. The molecule has 2 unspecified atom stereocenters. The molecule has 138 valence electrons. The minimum absolute atomic E-state index is 0.0745. The summed E-state index contributed by atoms with van der Waals surface area (Å²) in [6.07, 6.45) is 14.1. The van der Waals surface area contributed by atoms with E-state index in [1.54, 1.807) is 7.11 Å². The van der Waals surface area contributed by atoms with Gasteiger partial charge in [0.05, 0.1) is 12.2 Å². The van der Waals surface area contributed by atoms with E-state index in [1.165, 1.54) is 44.9 Å². The summed E-state index contributed by atoms with van der Waals surface area (Å²) in [5, 5.41) is 18.8. The molecule has 2 N–H and O–H groups in total. The van der Waals surface area contributed by atoms with Gasteiger partial charge in [-0.1, -0.05) is 71.1 Å². The van der Waals surface area contributed by atoms with Crippen LogP contribution in [0, 0.1) is 0 Å². The van der Waals surface area contributed by atoms with Crippen molar-refractivity contribution in [2.75, 3.05) is 7.11 Å². The monoisotopic (exact) mass is 330 g/mol. The highest BCUT2D eigenvalue weighted by Gasteiger charge is 2.17. The van der Waals surface area contributed by atoms with Crippen molar-refractivity contribution in [1.82, 2.24) is 0 Å². The zero-order valence-corrected chi connectivity index (χ0v) is 15.3. The molecular formula is C19H38O4. The highest BCUT2D eigenvalue weighted by Crippen LogP contribution is 2.17. The van der Waals surface area contributed by atoms with E-state index in [1.807, 2.05) is 0 Å². The molecule has 0 amide bonds. The van der Waals surface area contributed by atoms with Gasteiger partial charge in [0.25, 0.3) is 0 Å². The Kier molecular flexibility index (Phi) is 15.8. The molecule has 0 saturated carbocycles. The number of ether oxygens (including phenoxy) is 1. The van der Waals surface area contributed by atoms with Crippen LogP contribution in [0.15, 0.2) is 0 Å². The van der Waals surface area contributed by atoms with Crippen molar-refractivity contribution in [1.29, 1.82) is 0 Å². The van der Waals surface area contributed by atoms with Gasteiger partial charge in [-0.25, -0.2) is 0 Å². The maximum atomic E-state index is 10.4. The van der Waals surface area contributed by atoms with Crippen molar-refractivity contribution in [3.8, 4) is 0 Å². The van der Waals surface area contributed by atoms with Crippen LogP contribution in [0.2, 0.25) is 0 Å². The lowest BCUT2D eigenvalue weighted by atomic mass is 9.99. The van der Waals surface area contributed by atoms with Crippen LogP contribution < -0.4 is 0 Å². The SMILES string of the molecule is CCCCCCCCCCC(OC)C(O)CCCCCC(=O)O. The molecular weight excluding hydrogens is 292 g/mol. The normalized spacial score (nSPS) is 13.9. The van der Waals surface area contributed by atoms with Crippen molar-refractivity contribution in [3.63, 3.8) is 0 Å². The van der Waals surface area contributed by atoms with Gasteiger partial charge in [0.2, 0.25) is 0 Å². The molecule has 0 heterocycles. The molecule has 0 fully saturated rings. The van der Waals surface area contributed by atoms with Crippen LogP contribution in [-0.2, 0) is 9.53 Å². The number of carboxylic acid groups (broad SMARTS) is 1. The average Bonchev–Trinajstić information content (AvgIpc) is 2.52. The largest absolute Gasteiger partial charge is 0.481 e. The fraction of sp³-hybridized carbons (Fsp3) is 0.947. The van der Waals surface area contributed by atoms with E-state index < -0.39 is 12.1 Å². The number of rotatable bonds is 17. The molecule has 0 aliphatic rings. The van der Waals surface area contributed by atoms with E-state index in [4.69, 9.17) is 9.84 Å². The number of hydrogen-bond donors (Lipinski definition) is 2. The summed E-state index contributed by atoms with van der Waals surface area (Å²) < 4.78 is 5.42. The Bertz CT molecular complexity index is 268. The van der Waals surface area contributed by atoms with Gasteiger partial charge in [-0.05, 0) is 19.3 Å². The maximum Gasteiger partial charge on any atom is 0.303 e. The molecule has 0 spiro atoms. The quantitative estimate of drug-likeness (QED) is 0.371. The summed E-state index contributed by atoms with van der Waals surface area (Å²) in [7, 11) is 1.67. The van der Waals surface area contributed by atoms with Gasteiger partial charge >= 0.3 is 5.97 Å². The summed E-state index contributed by atoms with van der Waals surface area (Å²) in [5.41, 5.74) is 0. The molecule has 0 aromatic carbocycles. The highest BCUT2D eigenvalue weighted by atomic mass is 16.5. The summed E-state index contributed by atoms with van der Waals surface area (Å²) in [5.74, 6) is -0.741. The maximum absolute atomic E-state index is 10.4. The average molecular weight is 331 g/mol. The topological polar surface area (TPSA) is 66.8 Å². The minimum Gasteiger partial charge on any atom is -0.481 e. The third kappa shape index (κ3) is 14.7. The lowest BCUT2D eigenvalue weighted by Crippen LogP contribution is -2.28. The Morgan fingerprint density at radius 3 is 1.96 bits per heavy atom. The third-order valence-corrected chi connectivity index (χ3v) is 4.46. The van der Waals surface area contributed by atoms with E-state index >= 15 is 0 Å². The number of hydrogen-bond acceptors (Lipinski definition) is 3. The van der Waals surface area contributed by atoms with E-state index in [0.717, 1.165) is 25.7 Å². The fourth-order valence-electron chi connectivity index (χ4n) is 2.94. The predicted octanol–water partition coefficient (Wildman–Crippen LogP) is 4.93. The smallest absolute Gasteiger partial charge is 0.303 e. The van der Waals surface area contributed by atoms with Crippen LogP contribution >= 0.6 is 0 Å². The first-order chi connectivity index (χ1) is 11.1. The standard InChI is InChI=1S/C19H38O4/c1-3-4-5-6-7-8-9-12-15-18(23-2)17(20)14-11-10-13-16-19(21)22/h17-18,20H,3-16H2,1-2H3,(H,21,22). The van der Waals surface area contributed by atoms with Crippen molar-refractivity contribution < 1.29 is 19.7 Å². The summed E-state index contributed by atoms with van der Waals surface area (Å²) in [6.45, 7) is 2.24. The predicted molar refractivity (Wildman–Crippen MR) is 94.8 cm³/mol. The number of methoxy groups -OCH3 is 1. The third-order valence-electron chi connectivity index (χ3n) is 4.46. The molecule has 23 heavy (non-hydrogen) atoms. The zero-order chi connectivity index (χ0) is 17.3. The Morgan fingerprint density at radius 2 is 1.39 bits per heavy atom. The van der Waals surface area contributed by atoms with Crippen LogP contribution in [0.25, 0.3) is 0 Å². The first-order valence-corrected chi connectivity index (χ1v) is 9.54. The van der Waals surface area contributed by atoms with Gasteiger partial charge in [0.15, 0.2) is 0 Å². The first-order valence-electron chi connectivity index (χ1n) is 9.54.